The highest BCUT2D eigenvalue weighted by molar-refractivity contribution is 5.88. The number of nitrogens with one attached hydrogen (secondary N) is 3. The molecule has 0 atom stereocenters. The van der Waals surface area contributed by atoms with E-state index in [2.05, 4.69) is 26.0 Å². The quantitative estimate of drug-likeness (QED) is 0.0708. The first-order chi connectivity index (χ1) is 14.6. The summed E-state index contributed by atoms with van der Waals surface area (Å²) in [6.07, 6.45) is 0. The number of carbonyl (C=O) groups is 3. The van der Waals surface area contributed by atoms with Gasteiger partial charge in [-0.25, -0.2) is 0 Å². The number of azide groups is 1. The Bertz CT molecular complexity index is 530. The number of nitrogens with zero attached hydrogens (tertiary/aromatic N) is 3. The number of rotatable bonds is 20. The van der Waals surface area contributed by atoms with Gasteiger partial charge in [-0.1, -0.05) is 5.11 Å². The van der Waals surface area contributed by atoms with Crippen LogP contribution in [0.3, 0.4) is 0 Å². The van der Waals surface area contributed by atoms with E-state index in [1.54, 1.807) is 0 Å². The highest BCUT2D eigenvalue weighted by Crippen LogP contribution is 1.83. The molecule has 30 heavy (non-hydrogen) atoms. The Labute approximate surface area is 174 Å². The summed E-state index contributed by atoms with van der Waals surface area (Å²) in [5.74, 6) is -1.30. The molecule has 0 aliphatic carbocycles. The van der Waals surface area contributed by atoms with Crippen molar-refractivity contribution in [1.82, 2.24) is 16.0 Å². The van der Waals surface area contributed by atoms with Crippen LogP contribution in [-0.2, 0) is 33.3 Å². The molecule has 0 rings (SSSR count). The highest BCUT2D eigenvalue weighted by Gasteiger charge is 2.06. The minimum atomic E-state index is -0.484. The molecule has 0 bridgehead atoms. The first-order valence-electron chi connectivity index (χ1n) is 9.42. The van der Waals surface area contributed by atoms with Gasteiger partial charge >= 0.3 is 0 Å². The second-order valence-corrected chi connectivity index (χ2v) is 5.51. The summed E-state index contributed by atoms with van der Waals surface area (Å²) in [7, 11) is 0. The molecule has 0 aliphatic heterocycles. The molecule has 0 heterocycles. The van der Waals surface area contributed by atoms with E-state index >= 15 is 0 Å². The first kappa shape index (κ1) is 27.5. The van der Waals surface area contributed by atoms with Crippen LogP contribution >= 0.6 is 0 Å². The average molecular weight is 433 g/mol. The van der Waals surface area contributed by atoms with E-state index in [0.29, 0.717) is 65.9 Å². The van der Waals surface area contributed by atoms with Crippen LogP contribution in [0.15, 0.2) is 5.11 Å². The van der Waals surface area contributed by atoms with Gasteiger partial charge in [-0.15, -0.1) is 0 Å². The maximum absolute atomic E-state index is 11.5. The Hall–Kier alpha value is -2.48. The number of carbonyl (C=O) groups excluding carboxylic acids is 3. The standard InChI is InChI=1S/C16H31N7O7/c17-11-14(24)20-13-16(26)21-12-15(25)19-1-3-27-5-7-29-9-10-30-8-6-28-4-2-22-23-18/h1-13,17H2,(H,19,25)(H,20,24)(H,21,26). The van der Waals surface area contributed by atoms with Crippen molar-refractivity contribution in [3.8, 4) is 0 Å². The van der Waals surface area contributed by atoms with Crippen molar-refractivity contribution < 1.29 is 33.3 Å². The van der Waals surface area contributed by atoms with E-state index in [1.165, 1.54) is 0 Å². The van der Waals surface area contributed by atoms with Gasteiger partial charge < -0.3 is 40.6 Å². The number of ether oxygens (including phenoxy) is 4. The molecule has 0 fully saturated rings. The number of nitrogens with two attached hydrogens (primary N) is 1. The van der Waals surface area contributed by atoms with Crippen LogP contribution in [0, 0.1) is 0 Å². The summed E-state index contributed by atoms with van der Waals surface area (Å²) < 4.78 is 21.1. The van der Waals surface area contributed by atoms with E-state index in [4.69, 9.17) is 30.2 Å². The highest BCUT2D eigenvalue weighted by atomic mass is 16.6. The van der Waals surface area contributed by atoms with Crippen molar-refractivity contribution >= 4 is 17.7 Å². The molecular formula is C16H31N7O7. The van der Waals surface area contributed by atoms with E-state index < -0.39 is 11.8 Å². The van der Waals surface area contributed by atoms with Gasteiger partial charge in [0.2, 0.25) is 17.7 Å². The monoisotopic (exact) mass is 433 g/mol. The van der Waals surface area contributed by atoms with Crippen molar-refractivity contribution in [1.29, 1.82) is 0 Å². The maximum Gasteiger partial charge on any atom is 0.239 e. The van der Waals surface area contributed by atoms with Gasteiger partial charge in [-0.05, 0) is 5.53 Å². The first-order valence-corrected chi connectivity index (χ1v) is 9.42. The SMILES string of the molecule is [N-]=[N+]=NCCOCCOCCOCCOCCNC(=O)CNC(=O)CNC(=O)CN. The molecule has 14 heteroatoms. The Morgan fingerprint density at radius 2 is 1.20 bits per heavy atom. The predicted molar refractivity (Wildman–Crippen MR) is 105 cm³/mol. The van der Waals surface area contributed by atoms with Gasteiger partial charge in [0, 0.05) is 18.0 Å². The molecule has 0 saturated carbocycles. The second kappa shape index (κ2) is 21.2. The van der Waals surface area contributed by atoms with Crippen molar-refractivity contribution in [2.45, 2.75) is 0 Å². The van der Waals surface area contributed by atoms with Crippen LogP contribution in [0.4, 0.5) is 0 Å². The summed E-state index contributed by atoms with van der Waals surface area (Å²) >= 11 is 0. The lowest BCUT2D eigenvalue weighted by molar-refractivity contribution is -0.127. The molecule has 0 aromatic rings. The Kier molecular flexibility index (Phi) is 19.5. The van der Waals surface area contributed by atoms with E-state index in [0.717, 1.165) is 0 Å². The zero-order valence-electron chi connectivity index (χ0n) is 17.0. The molecule has 0 aromatic carbocycles. The fourth-order valence-electron chi connectivity index (χ4n) is 1.73. The summed E-state index contributed by atoms with van der Waals surface area (Å²) in [6.45, 7) is 3.10. The third-order valence-electron chi connectivity index (χ3n) is 3.16. The zero-order valence-corrected chi connectivity index (χ0v) is 17.0. The number of amides is 3. The minimum absolute atomic E-state index is 0.195. The predicted octanol–water partition coefficient (Wildman–Crippen LogP) is -2.33. The molecule has 0 saturated heterocycles. The van der Waals surface area contributed by atoms with Gasteiger partial charge in [0.05, 0.1) is 72.5 Å². The summed E-state index contributed by atoms with van der Waals surface area (Å²) in [4.78, 5) is 36.4. The van der Waals surface area contributed by atoms with Gasteiger partial charge in [0.1, 0.15) is 0 Å². The smallest absolute Gasteiger partial charge is 0.239 e. The molecule has 0 aromatic heterocycles. The molecular weight excluding hydrogens is 402 g/mol. The van der Waals surface area contributed by atoms with Crippen molar-refractivity contribution in [3.63, 3.8) is 0 Å². The molecule has 0 radical (unpaired) electrons. The minimum Gasteiger partial charge on any atom is -0.379 e. The topological polar surface area (TPSA) is 199 Å². The summed E-state index contributed by atoms with van der Waals surface area (Å²) in [5, 5.41) is 10.6. The van der Waals surface area contributed by atoms with Crippen molar-refractivity contribution in [3.05, 3.63) is 10.4 Å². The molecule has 5 N–H and O–H groups in total. The fraction of sp³-hybridized carbons (Fsp3) is 0.812. The Morgan fingerprint density at radius 3 is 1.73 bits per heavy atom. The van der Waals surface area contributed by atoms with Gasteiger partial charge in [0.25, 0.3) is 0 Å². The Morgan fingerprint density at radius 1 is 0.733 bits per heavy atom. The van der Waals surface area contributed by atoms with Crippen LogP contribution in [0.25, 0.3) is 10.4 Å². The largest absolute Gasteiger partial charge is 0.379 e. The van der Waals surface area contributed by atoms with Crippen LogP contribution in [-0.4, -0.2) is 103 Å². The number of hydrogen-bond acceptors (Lipinski definition) is 9. The van der Waals surface area contributed by atoms with Crippen molar-refractivity contribution in [2.24, 2.45) is 10.8 Å². The van der Waals surface area contributed by atoms with E-state index in [-0.39, 0.29) is 25.5 Å². The lowest BCUT2D eigenvalue weighted by Crippen LogP contribution is -2.43. The van der Waals surface area contributed by atoms with Gasteiger partial charge in [-0.3, -0.25) is 14.4 Å². The number of hydrogen-bond donors (Lipinski definition) is 4. The molecule has 0 spiro atoms. The van der Waals surface area contributed by atoms with Crippen molar-refractivity contribution in [2.75, 3.05) is 85.6 Å². The molecule has 0 aliphatic rings. The lowest BCUT2D eigenvalue weighted by atomic mass is 10.5. The third kappa shape index (κ3) is 20.3. The summed E-state index contributed by atoms with van der Waals surface area (Å²) in [5.41, 5.74) is 13.2. The lowest BCUT2D eigenvalue weighted by Gasteiger charge is -2.09. The molecule has 172 valence electrons. The van der Waals surface area contributed by atoms with E-state index in [1.807, 2.05) is 0 Å². The zero-order chi connectivity index (χ0) is 22.3. The van der Waals surface area contributed by atoms with Crippen LogP contribution in [0.5, 0.6) is 0 Å². The molecule has 0 unspecified atom stereocenters. The third-order valence-corrected chi connectivity index (χ3v) is 3.16. The van der Waals surface area contributed by atoms with Crippen LogP contribution < -0.4 is 21.7 Å². The maximum atomic E-state index is 11.5. The molecule has 3 amide bonds. The van der Waals surface area contributed by atoms with Crippen LogP contribution in [0.1, 0.15) is 0 Å². The van der Waals surface area contributed by atoms with E-state index in [9.17, 15) is 14.4 Å². The van der Waals surface area contributed by atoms with Gasteiger partial charge in [-0.2, -0.15) is 0 Å². The average Bonchev–Trinajstić information content (AvgIpc) is 2.75. The second-order valence-electron chi connectivity index (χ2n) is 5.51. The molecule has 14 nitrogen and oxygen atoms in total. The van der Waals surface area contributed by atoms with Gasteiger partial charge in [0.15, 0.2) is 0 Å². The summed E-state index contributed by atoms with van der Waals surface area (Å²) in [6, 6.07) is 0. The fourth-order valence-corrected chi connectivity index (χ4v) is 1.73. The normalized spacial score (nSPS) is 10.2. The Balaban J connectivity index is 3.29. The van der Waals surface area contributed by atoms with Crippen LogP contribution in [0.2, 0.25) is 0 Å².